The van der Waals surface area contributed by atoms with Crippen molar-refractivity contribution in [2.45, 2.75) is 0 Å². The fourth-order valence-electron chi connectivity index (χ4n) is 1.69. The zero-order valence-electron chi connectivity index (χ0n) is 10.8. The van der Waals surface area contributed by atoms with Crippen LogP contribution in [0.25, 0.3) is 0 Å². The van der Waals surface area contributed by atoms with Crippen molar-refractivity contribution in [2.24, 2.45) is 0 Å². The Labute approximate surface area is 111 Å². The second-order valence-electron chi connectivity index (χ2n) is 4.25. The smallest absolute Gasteiger partial charge is 0.257 e. The van der Waals surface area contributed by atoms with Crippen LogP contribution in [0.5, 0.6) is 0 Å². The normalized spacial score (nSPS) is 10.0. The molecule has 6 nitrogen and oxygen atoms in total. The van der Waals surface area contributed by atoms with E-state index in [4.69, 9.17) is 5.73 Å². The quantitative estimate of drug-likeness (QED) is 0.811. The number of nitrogens with one attached hydrogen (secondary N) is 1. The van der Waals surface area contributed by atoms with Gasteiger partial charge in [0.1, 0.15) is 6.33 Å². The van der Waals surface area contributed by atoms with Gasteiger partial charge in [0.05, 0.1) is 23.6 Å². The third kappa shape index (κ3) is 2.98. The topological polar surface area (TPSA) is 84.1 Å². The first kappa shape index (κ1) is 12.8. The number of anilines is 3. The molecule has 1 heterocycles. The molecule has 0 aliphatic carbocycles. The van der Waals surface area contributed by atoms with Crippen LogP contribution in [0, 0.1) is 0 Å². The summed E-state index contributed by atoms with van der Waals surface area (Å²) in [4.78, 5) is 21.8. The Balaban J connectivity index is 2.30. The minimum absolute atomic E-state index is 0.245. The molecule has 0 fully saturated rings. The van der Waals surface area contributed by atoms with E-state index in [0.717, 1.165) is 5.69 Å². The number of hydrogen-bond acceptors (Lipinski definition) is 5. The monoisotopic (exact) mass is 257 g/mol. The molecule has 2 aromatic rings. The van der Waals surface area contributed by atoms with E-state index < -0.39 is 0 Å². The lowest BCUT2D eigenvalue weighted by Gasteiger charge is -2.17. The van der Waals surface area contributed by atoms with Gasteiger partial charge in [0.25, 0.3) is 5.91 Å². The van der Waals surface area contributed by atoms with Gasteiger partial charge in [0.2, 0.25) is 0 Å². The van der Waals surface area contributed by atoms with Crippen molar-refractivity contribution >= 4 is 23.0 Å². The predicted molar refractivity (Wildman–Crippen MR) is 75.2 cm³/mol. The molecule has 0 saturated carbocycles. The number of carbonyl (C=O) groups is 1. The van der Waals surface area contributed by atoms with E-state index in [2.05, 4.69) is 15.3 Å². The lowest BCUT2D eigenvalue weighted by Crippen LogP contribution is -2.19. The Kier molecular flexibility index (Phi) is 3.61. The summed E-state index contributed by atoms with van der Waals surface area (Å²) in [5.41, 5.74) is 8.12. The molecule has 1 aromatic carbocycles. The van der Waals surface area contributed by atoms with Crippen molar-refractivity contribution in [1.29, 1.82) is 0 Å². The SMILES string of the molecule is CN(C)c1ccc(N)cc1C(=O)Nc1cncnc1. The number of nitrogens with zero attached hydrogens (tertiary/aromatic N) is 3. The highest BCUT2D eigenvalue weighted by Crippen LogP contribution is 2.22. The zero-order chi connectivity index (χ0) is 13.8. The summed E-state index contributed by atoms with van der Waals surface area (Å²) < 4.78 is 0. The van der Waals surface area contributed by atoms with Crippen molar-refractivity contribution in [2.75, 3.05) is 30.0 Å². The Bertz CT molecular complexity index is 583. The van der Waals surface area contributed by atoms with E-state index in [0.29, 0.717) is 16.9 Å². The van der Waals surface area contributed by atoms with Gasteiger partial charge >= 0.3 is 0 Å². The summed E-state index contributed by atoms with van der Waals surface area (Å²) >= 11 is 0. The Morgan fingerprint density at radius 3 is 2.58 bits per heavy atom. The molecular weight excluding hydrogens is 242 g/mol. The number of carbonyl (C=O) groups excluding carboxylic acids is 1. The Hall–Kier alpha value is -2.63. The third-order valence-electron chi connectivity index (χ3n) is 2.57. The molecule has 0 bridgehead atoms. The molecule has 0 unspecified atom stereocenters. The number of benzene rings is 1. The van der Waals surface area contributed by atoms with Gasteiger partial charge < -0.3 is 16.0 Å². The van der Waals surface area contributed by atoms with Gasteiger partial charge in [-0.1, -0.05) is 0 Å². The van der Waals surface area contributed by atoms with Crippen LogP contribution in [-0.2, 0) is 0 Å². The molecule has 1 amide bonds. The molecule has 3 N–H and O–H groups in total. The second kappa shape index (κ2) is 5.34. The van der Waals surface area contributed by atoms with Crippen LogP contribution >= 0.6 is 0 Å². The summed E-state index contributed by atoms with van der Waals surface area (Å²) in [6.45, 7) is 0. The Morgan fingerprint density at radius 2 is 1.95 bits per heavy atom. The predicted octanol–water partition coefficient (Wildman–Crippen LogP) is 1.38. The molecule has 19 heavy (non-hydrogen) atoms. The van der Waals surface area contributed by atoms with Crippen LogP contribution in [0.15, 0.2) is 36.9 Å². The molecule has 2 rings (SSSR count). The fraction of sp³-hybridized carbons (Fsp3) is 0.154. The van der Waals surface area contributed by atoms with Crippen molar-refractivity contribution in [3.63, 3.8) is 0 Å². The lowest BCUT2D eigenvalue weighted by molar-refractivity contribution is 0.102. The maximum Gasteiger partial charge on any atom is 0.257 e. The van der Waals surface area contributed by atoms with E-state index in [9.17, 15) is 4.79 Å². The van der Waals surface area contributed by atoms with Crippen molar-refractivity contribution < 1.29 is 4.79 Å². The van der Waals surface area contributed by atoms with Gasteiger partial charge in [-0.2, -0.15) is 0 Å². The highest BCUT2D eigenvalue weighted by atomic mass is 16.1. The van der Waals surface area contributed by atoms with E-state index in [1.807, 2.05) is 25.1 Å². The van der Waals surface area contributed by atoms with Gasteiger partial charge in [-0.15, -0.1) is 0 Å². The maximum atomic E-state index is 12.2. The van der Waals surface area contributed by atoms with Crippen molar-refractivity contribution in [3.05, 3.63) is 42.5 Å². The second-order valence-corrected chi connectivity index (χ2v) is 4.25. The average Bonchev–Trinajstić information content (AvgIpc) is 2.39. The van der Waals surface area contributed by atoms with Crippen molar-refractivity contribution in [3.8, 4) is 0 Å². The first-order chi connectivity index (χ1) is 9.08. The van der Waals surface area contributed by atoms with Crippen molar-refractivity contribution in [1.82, 2.24) is 9.97 Å². The molecule has 98 valence electrons. The minimum atomic E-state index is -0.245. The largest absolute Gasteiger partial charge is 0.399 e. The van der Waals surface area contributed by atoms with Gasteiger partial charge in [0.15, 0.2) is 0 Å². The standard InChI is InChI=1S/C13H15N5O/c1-18(2)12-4-3-9(14)5-11(12)13(19)17-10-6-15-8-16-7-10/h3-8H,14H2,1-2H3,(H,17,19). The van der Waals surface area contributed by atoms with E-state index in [-0.39, 0.29) is 5.91 Å². The molecule has 0 atom stereocenters. The average molecular weight is 257 g/mol. The number of amides is 1. The van der Waals surface area contributed by atoms with E-state index >= 15 is 0 Å². The summed E-state index contributed by atoms with van der Waals surface area (Å²) in [5, 5.41) is 2.73. The lowest BCUT2D eigenvalue weighted by atomic mass is 10.1. The first-order valence-corrected chi connectivity index (χ1v) is 5.71. The zero-order valence-corrected chi connectivity index (χ0v) is 10.8. The summed E-state index contributed by atoms with van der Waals surface area (Å²) in [7, 11) is 3.74. The number of aromatic nitrogens is 2. The van der Waals surface area contributed by atoms with E-state index in [1.165, 1.54) is 18.7 Å². The summed E-state index contributed by atoms with van der Waals surface area (Å²) in [6.07, 6.45) is 4.47. The highest BCUT2D eigenvalue weighted by molar-refractivity contribution is 6.08. The number of nitrogens with two attached hydrogens (primary N) is 1. The molecule has 6 heteroatoms. The molecule has 0 aliphatic heterocycles. The fourth-order valence-corrected chi connectivity index (χ4v) is 1.69. The van der Waals surface area contributed by atoms with Crippen LogP contribution in [0.1, 0.15) is 10.4 Å². The third-order valence-corrected chi connectivity index (χ3v) is 2.57. The molecule has 0 saturated heterocycles. The molecule has 0 radical (unpaired) electrons. The maximum absolute atomic E-state index is 12.2. The molecule has 1 aromatic heterocycles. The van der Waals surface area contributed by atoms with Gasteiger partial charge in [-0.25, -0.2) is 9.97 Å². The number of rotatable bonds is 3. The molecular formula is C13H15N5O. The van der Waals surface area contributed by atoms with Gasteiger partial charge in [-0.3, -0.25) is 4.79 Å². The number of hydrogen-bond donors (Lipinski definition) is 2. The highest BCUT2D eigenvalue weighted by Gasteiger charge is 2.13. The van der Waals surface area contributed by atoms with Gasteiger partial charge in [-0.05, 0) is 18.2 Å². The van der Waals surface area contributed by atoms with Crippen LogP contribution in [0.3, 0.4) is 0 Å². The first-order valence-electron chi connectivity index (χ1n) is 5.71. The van der Waals surface area contributed by atoms with E-state index in [1.54, 1.807) is 12.1 Å². The summed E-state index contributed by atoms with van der Waals surface area (Å²) in [5.74, 6) is -0.245. The molecule has 0 spiro atoms. The minimum Gasteiger partial charge on any atom is -0.399 e. The van der Waals surface area contributed by atoms with Gasteiger partial charge in [0, 0.05) is 25.5 Å². The van der Waals surface area contributed by atoms with Crippen LogP contribution < -0.4 is 16.0 Å². The van der Waals surface area contributed by atoms with Crippen LogP contribution in [0.4, 0.5) is 17.1 Å². The van der Waals surface area contributed by atoms with Crippen LogP contribution in [-0.4, -0.2) is 30.0 Å². The summed E-state index contributed by atoms with van der Waals surface area (Å²) in [6, 6.07) is 5.22. The number of nitrogen functional groups attached to an aromatic ring is 1. The van der Waals surface area contributed by atoms with Crippen LogP contribution in [0.2, 0.25) is 0 Å². The molecule has 0 aliphatic rings. The Morgan fingerprint density at radius 1 is 1.26 bits per heavy atom.